The summed E-state index contributed by atoms with van der Waals surface area (Å²) < 4.78 is 0. The van der Waals surface area contributed by atoms with Crippen LogP contribution in [0.2, 0.25) is 0 Å². The summed E-state index contributed by atoms with van der Waals surface area (Å²) in [7, 11) is 0. The fraction of sp³-hybridized carbons (Fsp3) is 0.667. The number of carboxylic acids is 3. The van der Waals surface area contributed by atoms with Crippen molar-refractivity contribution in [2.24, 2.45) is 5.92 Å². The van der Waals surface area contributed by atoms with Crippen molar-refractivity contribution in [1.29, 1.82) is 0 Å². The lowest BCUT2D eigenvalue weighted by Crippen LogP contribution is -2.55. The molecular weight excluding hydrogens is 236 g/mol. The summed E-state index contributed by atoms with van der Waals surface area (Å²) in [4.78, 5) is 32.2. The van der Waals surface area contributed by atoms with Gasteiger partial charge >= 0.3 is 17.9 Å². The summed E-state index contributed by atoms with van der Waals surface area (Å²) in [6, 6.07) is 0. The van der Waals surface area contributed by atoms with Gasteiger partial charge in [-0.1, -0.05) is 6.92 Å². The smallest absolute Gasteiger partial charge is 0.337 e. The molecule has 98 valence electrons. The Hall–Kier alpha value is -1.67. The van der Waals surface area contributed by atoms with Crippen molar-refractivity contribution in [3.63, 3.8) is 0 Å². The highest BCUT2D eigenvalue weighted by Crippen LogP contribution is 2.27. The van der Waals surface area contributed by atoms with Crippen molar-refractivity contribution < 1.29 is 39.9 Å². The number of aliphatic hydroxyl groups excluding tert-OH is 1. The van der Waals surface area contributed by atoms with Crippen LogP contribution in [0.15, 0.2) is 0 Å². The van der Waals surface area contributed by atoms with Crippen LogP contribution in [0.4, 0.5) is 0 Å². The van der Waals surface area contributed by atoms with E-state index in [0.29, 0.717) is 0 Å². The van der Waals surface area contributed by atoms with E-state index >= 15 is 0 Å². The molecule has 8 nitrogen and oxygen atoms in total. The molecule has 0 aliphatic carbocycles. The predicted octanol–water partition coefficient (Wildman–Crippen LogP) is -1.25. The van der Waals surface area contributed by atoms with Crippen LogP contribution in [0.25, 0.3) is 0 Å². The second-order valence-electron chi connectivity index (χ2n) is 3.59. The Morgan fingerprint density at radius 3 is 1.88 bits per heavy atom. The predicted molar refractivity (Wildman–Crippen MR) is 52.3 cm³/mol. The highest BCUT2D eigenvalue weighted by Gasteiger charge is 2.52. The summed E-state index contributed by atoms with van der Waals surface area (Å²) in [5, 5.41) is 45.1. The van der Waals surface area contributed by atoms with Crippen LogP contribution in [-0.4, -0.2) is 55.1 Å². The number of aliphatic carboxylic acids is 3. The van der Waals surface area contributed by atoms with Gasteiger partial charge in [-0.2, -0.15) is 0 Å². The first kappa shape index (κ1) is 15.3. The van der Waals surface area contributed by atoms with E-state index in [0.717, 1.165) is 0 Å². The Balaban J connectivity index is 5.45. The Kier molecular flexibility index (Phi) is 5.05. The standard InChI is InChI=1S/C9H14O8/c1-2-4(10)6(7(13)14)9(17,8(15)16)3-5(11)12/h4,6,10,17H,2-3H2,1H3,(H,11,12)(H,13,14)(H,15,16). The molecule has 0 heterocycles. The fourth-order valence-corrected chi connectivity index (χ4v) is 1.47. The molecule has 0 aromatic rings. The largest absolute Gasteiger partial charge is 0.481 e. The van der Waals surface area contributed by atoms with Gasteiger partial charge in [0, 0.05) is 0 Å². The molecule has 0 aliphatic rings. The zero-order valence-corrected chi connectivity index (χ0v) is 9.03. The Morgan fingerprint density at radius 2 is 1.65 bits per heavy atom. The van der Waals surface area contributed by atoms with Crippen LogP contribution in [0.1, 0.15) is 19.8 Å². The van der Waals surface area contributed by atoms with Gasteiger partial charge in [0.1, 0.15) is 5.92 Å². The van der Waals surface area contributed by atoms with Gasteiger partial charge in [0.2, 0.25) is 0 Å². The van der Waals surface area contributed by atoms with Gasteiger partial charge in [-0.15, -0.1) is 0 Å². The normalized spacial score (nSPS) is 17.8. The van der Waals surface area contributed by atoms with Crippen LogP contribution in [0.3, 0.4) is 0 Å². The Labute approximate surface area is 96.1 Å². The highest BCUT2D eigenvalue weighted by molar-refractivity contribution is 5.89. The summed E-state index contributed by atoms with van der Waals surface area (Å²) in [6.45, 7) is 1.38. The van der Waals surface area contributed by atoms with Crippen molar-refractivity contribution in [1.82, 2.24) is 0 Å². The number of rotatable bonds is 7. The van der Waals surface area contributed by atoms with Crippen LogP contribution in [0, 0.1) is 5.92 Å². The molecule has 0 aromatic heterocycles. The van der Waals surface area contributed by atoms with E-state index in [-0.39, 0.29) is 6.42 Å². The number of carboxylic acid groups (broad SMARTS) is 3. The van der Waals surface area contributed by atoms with Gasteiger partial charge in [-0.25, -0.2) is 4.79 Å². The van der Waals surface area contributed by atoms with Crippen LogP contribution in [-0.2, 0) is 14.4 Å². The van der Waals surface area contributed by atoms with Crippen molar-refractivity contribution in [3.8, 4) is 0 Å². The molecule has 0 aliphatic heterocycles. The molecule has 0 saturated heterocycles. The molecule has 0 amide bonds. The summed E-state index contributed by atoms with van der Waals surface area (Å²) in [5.41, 5.74) is -3.05. The van der Waals surface area contributed by atoms with Gasteiger partial charge in [0.05, 0.1) is 12.5 Å². The number of aliphatic hydroxyl groups is 2. The fourth-order valence-electron chi connectivity index (χ4n) is 1.47. The lowest BCUT2D eigenvalue weighted by molar-refractivity contribution is -0.186. The van der Waals surface area contributed by atoms with Gasteiger partial charge in [-0.3, -0.25) is 9.59 Å². The molecule has 0 radical (unpaired) electrons. The van der Waals surface area contributed by atoms with Crippen LogP contribution < -0.4 is 0 Å². The monoisotopic (exact) mass is 250 g/mol. The molecule has 0 saturated carbocycles. The van der Waals surface area contributed by atoms with Crippen LogP contribution in [0.5, 0.6) is 0 Å². The van der Waals surface area contributed by atoms with E-state index in [9.17, 15) is 24.6 Å². The maximum absolute atomic E-state index is 10.9. The Bertz CT molecular complexity index is 325. The molecule has 5 N–H and O–H groups in total. The van der Waals surface area contributed by atoms with Crippen LogP contribution >= 0.6 is 0 Å². The molecule has 3 unspecified atom stereocenters. The lowest BCUT2D eigenvalue weighted by atomic mass is 9.80. The van der Waals surface area contributed by atoms with E-state index < -0.39 is 42.0 Å². The van der Waals surface area contributed by atoms with Crippen molar-refractivity contribution >= 4 is 17.9 Å². The highest BCUT2D eigenvalue weighted by atomic mass is 16.4. The van der Waals surface area contributed by atoms with E-state index in [4.69, 9.17) is 15.3 Å². The van der Waals surface area contributed by atoms with Gasteiger partial charge in [0.15, 0.2) is 5.60 Å². The van der Waals surface area contributed by atoms with Gasteiger partial charge in [-0.05, 0) is 6.42 Å². The second kappa shape index (κ2) is 5.60. The summed E-state index contributed by atoms with van der Waals surface area (Å²) in [5.74, 6) is -7.56. The maximum Gasteiger partial charge on any atom is 0.337 e. The van der Waals surface area contributed by atoms with E-state index in [1.54, 1.807) is 0 Å². The van der Waals surface area contributed by atoms with Gasteiger partial charge in [0.25, 0.3) is 0 Å². The first-order valence-electron chi connectivity index (χ1n) is 4.75. The minimum atomic E-state index is -3.05. The third-order valence-corrected chi connectivity index (χ3v) is 2.37. The third-order valence-electron chi connectivity index (χ3n) is 2.37. The number of hydrogen-bond acceptors (Lipinski definition) is 5. The molecule has 3 atom stereocenters. The average molecular weight is 250 g/mol. The molecule has 0 rings (SSSR count). The van der Waals surface area contributed by atoms with E-state index in [2.05, 4.69) is 0 Å². The maximum atomic E-state index is 10.9. The van der Waals surface area contributed by atoms with Crippen molar-refractivity contribution in [2.45, 2.75) is 31.5 Å². The molecular formula is C9H14O8. The zero-order chi connectivity index (χ0) is 13.8. The van der Waals surface area contributed by atoms with Crippen molar-refractivity contribution in [2.75, 3.05) is 0 Å². The molecule has 0 aromatic carbocycles. The molecule has 0 fully saturated rings. The quantitative estimate of drug-likeness (QED) is 0.375. The lowest BCUT2D eigenvalue weighted by Gasteiger charge is -2.31. The molecule has 17 heavy (non-hydrogen) atoms. The molecule has 0 bridgehead atoms. The Morgan fingerprint density at radius 1 is 1.18 bits per heavy atom. The topological polar surface area (TPSA) is 152 Å². The molecule has 8 heteroatoms. The summed E-state index contributed by atoms with van der Waals surface area (Å²) in [6.07, 6.45) is -3.10. The minimum Gasteiger partial charge on any atom is -0.481 e. The van der Waals surface area contributed by atoms with E-state index in [1.165, 1.54) is 6.92 Å². The van der Waals surface area contributed by atoms with Crippen molar-refractivity contribution in [3.05, 3.63) is 0 Å². The SMILES string of the molecule is CCC(O)C(C(=O)O)C(O)(CC(=O)O)C(=O)O. The van der Waals surface area contributed by atoms with Gasteiger partial charge < -0.3 is 25.5 Å². The molecule has 0 spiro atoms. The first-order valence-corrected chi connectivity index (χ1v) is 4.75. The van der Waals surface area contributed by atoms with E-state index in [1.807, 2.05) is 0 Å². The second-order valence-corrected chi connectivity index (χ2v) is 3.59. The number of carbonyl (C=O) groups is 3. The number of hydrogen-bond donors (Lipinski definition) is 5. The first-order chi connectivity index (χ1) is 7.66. The minimum absolute atomic E-state index is 0.133. The average Bonchev–Trinajstić information content (AvgIpc) is 2.15. The third kappa shape index (κ3) is 3.40. The zero-order valence-electron chi connectivity index (χ0n) is 9.03. The summed E-state index contributed by atoms with van der Waals surface area (Å²) >= 11 is 0.